The van der Waals surface area contributed by atoms with Crippen LogP contribution in [0.1, 0.15) is 42.2 Å². The van der Waals surface area contributed by atoms with E-state index in [4.69, 9.17) is 4.74 Å². The van der Waals surface area contributed by atoms with E-state index in [0.717, 1.165) is 5.56 Å². The van der Waals surface area contributed by atoms with Crippen molar-refractivity contribution in [2.45, 2.75) is 26.3 Å². The normalized spacial score (nSPS) is 16.8. The molecule has 2 amide bonds. The summed E-state index contributed by atoms with van der Waals surface area (Å²) in [6.45, 7) is 3.16. The van der Waals surface area contributed by atoms with E-state index in [9.17, 15) is 19.2 Å². The van der Waals surface area contributed by atoms with Crippen molar-refractivity contribution in [3.05, 3.63) is 65.7 Å². The molecule has 30 heavy (non-hydrogen) atoms. The number of carbonyl (C=O) groups is 4. The maximum Gasteiger partial charge on any atom is 0.311 e. The van der Waals surface area contributed by atoms with Crippen LogP contribution in [0.4, 0.5) is 5.69 Å². The number of anilines is 1. The summed E-state index contributed by atoms with van der Waals surface area (Å²) in [6.07, 6.45) is 0.0677. The SMILES string of the molecule is CC(=O)c1cccc(NC(=O)COC(=O)[C@@H]2CC(=O)N([C@@H](C)c3ccccc3)C2)c1. The first-order chi connectivity index (χ1) is 14.3. The lowest BCUT2D eigenvalue weighted by atomic mass is 10.1. The first kappa shape index (κ1) is 21.2. The van der Waals surface area contributed by atoms with Crippen molar-refractivity contribution in [1.29, 1.82) is 0 Å². The third-order valence-electron chi connectivity index (χ3n) is 5.14. The molecule has 1 N–H and O–H groups in total. The molecule has 0 unspecified atom stereocenters. The summed E-state index contributed by atoms with van der Waals surface area (Å²) < 4.78 is 5.12. The highest BCUT2D eigenvalue weighted by molar-refractivity contribution is 5.97. The maximum atomic E-state index is 12.4. The molecular formula is C23H24N2O5. The summed E-state index contributed by atoms with van der Waals surface area (Å²) >= 11 is 0. The van der Waals surface area contributed by atoms with E-state index in [0.29, 0.717) is 11.3 Å². The zero-order chi connectivity index (χ0) is 21.7. The maximum absolute atomic E-state index is 12.4. The molecular weight excluding hydrogens is 384 g/mol. The molecule has 2 aromatic rings. The highest BCUT2D eigenvalue weighted by Gasteiger charge is 2.38. The van der Waals surface area contributed by atoms with Gasteiger partial charge in [0.1, 0.15) is 0 Å². The summed E-state index contributed by atoms with van der Waals surface area (Å²) in [5.41, 5.74) is 1.91. The zero-order valence-electron chi connectivity index (χ0n) is 17.0. The van der Waals surface area contributed by atoms with Gasteiger partial charge in [-0.05, 0) is 31.5 Å². The third-order valence-corrected chi connectivity index (χ3v) is 5.14. The summed E-state index contributed by atoms with van der Waals surface area (Å²) in [6, 6.07) is 16.0. The molecule has 1 heterocycles. The monoisotopic (exact) mass is 408 g/mol. The van der Waals surface area contributed by atoms with Gasteiger partial charge in [0.15, 0.2) is 12.4 Å². The summed E-state index contributed by atoms with van der Waals surface area (Å²) in [5, 5.41) is 2.59. The fourth-order valence-electron chi connectivity index (χ4n) is 3.44. The van der Waals surface area contributed by atoms with Crippen LogP contribution in [0.15, 0.2) is 54.6 Å². The van der Waals surface area contributed by atoms with Crippen LogP contribution in [-0.2, 0) is 19.1 Å². The molecule has 1 aliphatic rings. The second-order valence-corrected chi connectivity index (χ2v) is 7.33. The lowest BCUT2D eigenvalue weighted by molar-refractivity contribution is -0.151. The van der Waals surface area contributed by atoms with Gasteiger partial charge in [-0.2, -0.15) is 0 Å². The molecule has 0 spiro atoms. The molecule has 7 nitrogen and oxygen atoms in total. The quantitative estimate of drug-likeness (QED) is 0.562. The Balaban J connectivity index is 1.51. The predicted octanol–water partition coefficient (Wildman–Crippen LogP) is 2.98. The number of nitrogens with one attached hydrogen (secondary N) is 1. The average Bonchev–Trinajstić information content (AvgIpc) is 3.14. The second-order valence-electron chi connectivity index (χ2n) is 7.33. The van der Waals surface area contributed by atoms with Gasteiger partial charge >= 0.3 is 5.97 Å². The molecule has 156 valence electrons. The van der Waals surface area contributed by atoms with Crippen LogP contribution in [0.3, 0.4) is 0 Å². The topological polar surface area (TPSA) is 92.8 Å². The fraction of sp³-hybridized carbons (Fsp3) is 0.304. The first-order valence-corrected chi connectivity index (χ1v) is 9.77. The van der Waals surface area contributed by atoms with E-state index in [-0.39, 0.29) is 30.7 Å². The molecule has 2 atom stereocenters. The van der Waals surface area contributed by atoms with E-state index in [1.807, 2.05) is 37.3 Å². The number of benzene rings is 2. The Labute approximate surface area is 175 Å². The Morgan fingerprint density at radius 3 is 2.57 bits per heavy atom. The third kappa shape index (κ3) is 5.11. The molecule has 0 aromatic heterocycles. The van der Waals surface area contributed by atoms with Crippen LogP contribution < -0.4 is 5.32 Å². The minimum atomic E-state index is -0.600. The molecule has 0 radical (unpaired) electrons. The van der Waals surface area contributed by atoms with Crippen LogP contribution in [0, 0.1) is 5.92 Å². The largest absolute Gasteiger partial charge is 0.455 e. The molecule has 0 aliphatic carbocycles. The number of ether oxygens (including phenoxy) is 1. The van der Waals surface area contributed by atoms with Crippen molar-refractivity contribution in [3.8, 4) is 0 Å². The number of carbonyl (C=O) groups excluding carboxylic acids is 4. The van der Waals surface area contributed by atoms with Crippen molar-refractivity contribution < 1.29 is 23.9 Å². The van der Waals surface area contributed by atoms with Gasteiger partial charge in [0.2, 0.25) is 5.91 Å². The average molecular weight is 408 g/mol. The van der Waals surface area contributed by atoms with Gasteiger partial charge in [0.05, 0.1) is 12.0 Å². The minimum Gasteiger partial charge on any atom is -0.455 e. The van der Waals surface area contributed by atoms with E-state index in [1.165, 1.54) is 6.92 Å². The van der Waals surface area contributed by atoms with Crippen molar-refractivity contribution in [1.82, 2.24) is 4.90 Å². The first-order valence-electron chi connectivity index (χ1n) is 9.77. The Hall–Kier alpha value is -3.48. The number of nitrogens with zero attached hydrogens (tertiary/aromatic N) is 1. The van der Waals surface area contributed by atoms with Crippen molar-refractivity contribution in [2.24, 2.45) is 5.92 Å². The van der Waals surface area contributed by atoms with Crippen LogP contribution in [-0.4, -0.2) is 41.6 Å². The molecule has 1 aliphatic heterocycles. The summed E-state index contributed by atoms with van der Waals surface area (Å²) in [4.78, 5) is 49.9. The van der Waals surface area contributed by atoms with Crippen LogP contribution in [0.25, 0.3) is 0 Å². The number of esters is 1. The number of hydrogen-bond donors (Lipinski definition) is 1. The van der Waals surface area contributed by atoms with E-state index in [2.05, 4.69) is 5.32 Å². The molecule has 1 fully saturated rings. The number of amides is 2. The Morgan fingerprint density at radius 1 is 1.13 bits per heavy atom. The summed E-state index contributed by atoms with van der Waals surface area (Å²) in [7, 11) is 0. The predicted molar refractivity (Wildman–Crippen MR) is 111 cm³/mol. The van der Waals surface area contributed by atoms with Gasteiger partial charge < -0.3 is 15.0 Å². The van der Waals surface area contributed by atoms with Crippen LogP contribution in [0.2, 0.25) is 0 Å². The zero-order valence-corrected chi connectivity index (χ0v) is 17.0. The molecule has 1 saturated heterocycles. The second kappa shape index (κ2) is 9.35. The molecule has 0 saturated carbocycles. The molecule has 2 aromatic carbocycles. The van der Waals surface area contributed by atoms with Gasteiger partial charge in [0.25, 0.3) is 5.91 Å². The van der Waals surface area contributed by atoms with Gasteiger partial charge in [-0.1, -0.05) is 42.5 Å². The fourth-order valence-corrected chi connectivity index (χ4v) is 3.44. The minimum absolute atomic E-state index is 0.0677. The van der Waals surface area contributed by atoms with E-state index in [1.54, 1.807) is 29.2 Å². The Morgan fingerprint density at radius 2 is 1.87 bits per heavy atom. The molecule has 3 rings (SSSR count). The lowest BCUT2D eigenvalue weighted by Gasteiger charge is -2.25. The number of rotatable bonds is 7. The standard InChI is InChI=1S/C23H24N2O5/c1-15(17-7-4-3-5-8-17)25-13-19(12-22(25)28)23(29)30-14-21(27)24-20-10-6-9-18(11-20)16(2)26/h3-11,15,19H,12-14H2,1-2H3,(H,24,27)/t15-,19+/m0/s1. The van der Waals surface area contributed by atoms with Gasteiger partial charge in [-0.3, -0.25) is 19.2 Å². The highest BCUT2D eigenvalue weighted by Crippen LogP contribution is 2.29. The smallest absolute Gasteiger partial charge is 0.311 e. The van der Waals surface area contributed by atoms with E-state index >= 15 is 0 Å². The van der Waals surface area contributed by atoms with Crippen molar-refractivity contribution in [2.75, 3.05) is 18.5 Å². The number of ketones is 1. The molecule has 0 bridgehead atoms. The number of likely N-dealkylation sites (tertiary alicyclic amines) is 1. The Bertz CT molecular complexity index is 957. The number of Topliss-reactive ketones (excluding diaryl/α,β-unsaturated/α-hetero) is 1. The Kier molecular flexibility index (Phi) is 6.61. The summed E-state index contributed by atoms with van der Waals surface area (Å²) in [5.74, 6) is -1.91. The van der Waals surface area contributed by atoms with Gasteiger partial charge in [-0.25, -0.2) is 0 Å². The number of hydrogen-bond acceptors (Lipinski definition) is 5. The van der Waals surface area contributed by atoms with Gasteiger partial charge in [-0.15, -0.1) is 0 Å². The lowest BCUT2D eigenvalue weighted by Crippen LogP contribution is -2.30. The highest BCUT2D eigenvalue weighted by atomic mass is 16.5. The molecule has 7 heteroatoms. The van der Waals surface area contributed by atoms with E-state index < -0.39 is 24.4 Å². The van der Waals surface area contributed by atoms with Gasteiger partial charge in [0, 0.05) is 24.2 Å². The van der Waals surface area contributed by atoms with Crippen molar-refractivity contribution >= 4 is 29.3 Å². The van der Waals surface area contributed by atoms with Crippen LogP contribution >= 0.6 is 0 Å². The van der Waals surface area contributed by atoms with Crippen LogP contribution in [0.5, 0.6) is 0 Å². The van der Waals surface area contributed by atoms with Crippen molar-refractivity contribution in [3.63, 3.8) is 0 Å².